The Hall–Kier alpha value is -6.60. The zero-order valence-corrected chi connectivity index (χ0v) is 43.9. The van der Waals surface area contributed by atoms with Crippen LogP contribution in [-0.4, -0.2) is 102 Å². The Morgan fingerprint density at radius 1 is 0.960 bits per heavy atom. The number of anilines is 2. The lowest BCUT2D eigenvalue weighted by atomic mass is 9.59. The number of carbonyl (C=O) groups excluding carboxylic acids is 1. The average Bonchev–Trinajstić information content (AvgIpc) is 3.86. The Bertz CT molecular complexity index is 3180. The predicted molar refractivity (Wildman–Crippen MR) is 287 cm³/mol. The molecule has 396 valence electrons. The van der Waals surface area contributed by atoms with Gasteiger partial charge in [-0.2, -0.15) is 0 Å². The zero-order chi connectivity index (χ0) is 52.6. The van der Waals surface area contributed by atoms with Crippen molar-refractivity contribution in [1.29, 1.82) is 0 Å². The summed E-state index contributed by atoms with van der Waals surface area (Å²) in [6.45, 7) is 11.7. The fourth-order valence-corrected chi connectivity index (χ4v) is 13.0. The van der Waals surface area contributed by atoms with Crippen LogP contribution >= 0.6 is 0 Å². The molecule has 2 aliphatic heterocycles. The number of fused-ring (bicyclic) bond motifs is 1. The molecule has 4 fully saturated rings. The molecule has 75 heavy (non-hydrogen) atoms. The quantitative estimate of drug-likeness (QED) is 0.0529. The molecule has 18 heteroatoms. The maximum absolute atomic E-state index is 14.3. The number of hydrogen-bond acceptors (Lipinski definition) is 13. The van der Waals surface area contributed by atoms with Crippen LogP contribution in [0.5, 0.6) is 17.2 Å². The van der Waals surface area contributed by atoms with Gasteiger partial charge < -0.3 is 29.8 Å². The Kier molecular flexibility index (Phi) is 14.7. The first kappa shape index (κ1) is 51.9. The summed E-state index contributed by atoms with van der Waals surface area (Å²) in [5, 5.41) is 26.5. The van der Waals surface area contributed by atoms with Crippen LogP contribution in [0.1, 0.15) is 111 Å². The Labute approximate surface area is 437 Å². The first-order chi connectivity index (χ1) is 35.9. The van der Waals surface area contributed by atoms with Crippen LogP contribution in [0, 0.1) is 27.3 Å². The molecular formula is C57H67FN8O8S. The van der Waals surface area contributed by atoms with Crippen LogP contribution in [0.15, 0.2) is 108 Å². The minimum atomic E-state index is -4.60. The van der Waals surface area contributed by atoms with Gasteiger partial charge in [0.15, 0.2) is 11.6 Å². The lowest BCUT2D eigenvalue weighted by Crippen LogP contribution is -2.60. The number of aliphatic hydroxyl groups is 1. The molecule has 2 aromatic heterocycles. The van der Waals surface area contributed by atoms with E-state index in [-0.39, 0.29) is 45.9 Å². The number of ether oxygens (including phenoxy) is 2. The number of sulfonamides is 1. The number of pyridine rings is 1. The molecule has 2 saturated heterocycles. The van der Waals surface area contributed by atoms with Gasteiger partial charge in [0.25, 0.3) is 21.6 Å². The monoisotopic (exact) mass is 1040 g/mol. The number of nitro benzene ring substituents is 1. The molecule has 4 aliphatic rings. The molecule has 1 atom stereocenters. The maximum Gasteiger partial charge on any atom is 0.293 e. The number of carbonyl (C=O) groups is 1. The van der Waals surface area contributed by atoms with E-state index in [0.29, 0.717) is 49.3 Å². The van der Waals surface area contributed by atoms with Crippen LogP contribution in [0.25, 0.3) is 11.0 Å². The molecule has 1 spiro atoms. The van der Waals surface area contributed by atoms with Crippen LogP contribution in [0.3, 0.4) is 0 Å². The van der Waals surface area contributed by atoms with Gasteiger partial charge in [-0.05, 0) is 141 Å². The highest BCUT2D eigenvalue weighted by Gasteiger charge is 2.50. The number of aromatic nitrogens is 2. The normalized spacial score (nSPS) is 21.5. The Morgan fingerprint density at radius 2 is 1.73 bits per heavy atom. The van der Waals surface area contributed by atoms with E-state index in [1.165, 1.54) is 42.6 Å². The lowest BCUT2D eigenvalue weighted by molar-refractivity contribution is -0.384. The fraction of sp³-hybridized carbons (Fsp3) is 0.439. The second-order valence-corrected chi connectivity index (χ2v) is 23.5. The van der Waals surface area contributed by atoms with Crippen molar-refractivity contribution < 1.29 is 37.1 Å². The van der Waals surface area contributed by atoms with Crippen LogP contribution in [-0.2, 0) is 16.6 Å². The first-order valence-electron chi connectivity index (χ1n) is 26.2. The molecule has 0 radical (unpaired) electrons. The zero-order valence-electron chi connectivity index (χ0n) is 43.1. The van der Waals surface area contributed by atoms with E-state index in [1.54, 1.807) is 36.5 Å². The number of H-pyrrole nitrogens is 1. The van der Waals surface area contributed by atoms with Crippen molar-refractivity contribution in [1.82, 2.24) is 24.5 Å². The maximum atomic E-state index is 14.3. The van der Waals surface area contributed by atoms with Gasteiger partial charge in [-0.25, -0.2) is 22.5 Å². The van der Waals surface area contributed by atoms with Crippen molar-refractivity contribution in [3.8, 4) is 17.2 Å². The minimum Gasteiger partial charge on any atom is -0.494 e. The number of rotatable bonds is 16. The van der Waals surface area contributed by atoms with Gasteiger partial charge in [-0.15, -0.1) is 0 Å². The van der Waals surface area contributed by atoms with Gasteiger partial charge in [0.05, 0.1) is 34.3 Å². The SMILES string of the molecule is COc1cc(CN2CCN(C3CC4(CCN(c5ccc(C(=O)NS(=O)(=O)c6ccc(NCC7CCC(C)(O)CC7)c([N+](=O)[O-])c6)c(Oc6cnc7[nH]ccc7c6)c5)CC4)C3)C(c3ccccc3C(C)C)C2)ccc1F. The third-order valence-corrected chi connectivity index (χ3v) is 17.7. The molecule has 0 bridgehead atoms. The van der Waals surface area contributed by atoms with Crippen molar-refractivity contribution in [3.05, 3.63) is 142 Å². The van der Waals surface area contributed by atoms with Gasteiger partial charge in [0.2, 0.25) is 0 Å². The number of aromatic amines is 1. The summed E-state index contributed by atoms with van der Waals surface area (Å²) in [5.41, 5.74) is 4.39. The summed E-state index contributed by atoms with van der Waals surface area (Å²) in [6, 6.07) is 26.9. The number of piperazine rings is 1. The second-order valence-electron chi connectivity index (χ2n) is 21.9. The van der Waals surface area contributed by atoms with Crippen molar-refractivity contribution in [2.24, 2.45) is 11.3 Å². The van der Waals surface area contributed by atoms with Crippen molar-refractivity contribution in [2.45, 2.75) is 107 Å². The van der Waals surface area contributed by atoms with E-state index in [2.05, 4.69) is 72.8 Å². The minimum absolute atomic E-state index is 0.0443. The lowest BCUT2D eigenvalue weighted by Gasteiger charge is -2.58. The van der Waals surface area contributed by atoms with Crippen LogP contribution < -0.4 is 24.4 Å². The summed E-state index contributed by atoms with van der Waals surface area (Å²) in [7, 11) is -3.10. The predicted octanol–water partition coefficient (Wildman–Crippen LogP) is 10.3. The smallest absolute Gasteiger partial charge is 0.293 e. The van der Waals surface area contributed by atoms with E-state index in [9.17, 15) is 32.8 Å². The van der Waals surface area contributed by atoms with Crippen LogP contribution in [0.4, 0.5) is 21.5 Å². The van der Waals surface area contributed by atoms with Crippen LogP contribution in [0.2, 0.25) is 0 Å². The highest BCUT2D eigenvalue weighted by molar-refractivity contribution is 7.90. The van der Waals surface area contributed by atoms with E-state index < -0.39 is 37.0 Å². The number of halogens is 1. The number of nitrogens with zero attached hydrogens (tertiary/aromatic N) is 5. The van der Waals surface area contributed by atoms with Gasteiger partial charge in [0, 0.05) is 87.3 Å². The summed E-state index contributed by atoms with van der Waals surface area (Å²) in [5.74, 6) is -0.0310. The highest BCUT2D eigenvalue weighted by Crippen LogP contribution is 2.53. The summed E-state index contributed by atoms with van der Waals surface area (Å²) in [6.07, 6.45) is 10.2. The van der Waals surface area contributed by atoms with E-state index in [4.69, 9.17) is 9.47 Å². The molecule has 10 rings (SSSR count). The molecule has 1 amide bonds. The molecule has 2 saturated carbocycles. The van der Waals surface area contributed by atoms with E-state index in [1.807, 2.05) is 19.1 Å². The van der Waals surface area contributed by atoms with Crippen molar-refractivity contribution >= 4 is 44.0 Å². The molecule has 2 aliphatic carbocycles. The number of nitrogens with one attached hydrogen (secondary N) is 3. The third kappa shape index (κ3) is 11.3. The standard InChI is InChI=1S/C57H67FN8O8S/c1-37(2)45-7-5-6-8-46(45)51-36-63(35-39-9-13-48(58)53(27-39)73-4)25-26-65(51)42-31-57(32-42)20-23-64(24-21-57)41-10-12-47(52(29-41)74-43-28-40-17-22-59-54(40)61-34-43)55(67)62-75(71,72)44-11-14-49(50(30-44)66(69)70)60-33-38-15-18-56(3,68)19-16-38/h5-14,17,22,27-30,34,37-38,42,51,60,68H,15-16,18-21,23-26,31-33,35-36H2,1-4H3,(H,59,61)(H,62,67). The van der Waals surface area contributed by atoms with E-state index in [0.717, 1.165) is 94.0 Å². The highest BCUT2D eigenvalue weighted by atomic mass is 32.2. The Morgan fingerprint density at radius 3 is 2.48 bits per heavy atom. The molecule has 1 unspecified atom stereocenters. The molecule has 4 aromatic carbocycles. The number of methoxy groups -OCH3 is 1. The van der Waals surface area contributed by atoms with Gasteiger partial charge in [-0.1, -0.05) is 44.2 Å². The van der Waals surface area contributed by atoms with Gasteiger partial charge >= 0.3 is 0 Å². The van der Waals surface area contributed by atoms with Gasteiger partial charge in [0.1, 0.15) is 22.8 Å². The molecule has 4 heterocycles. The number of piperidine rings is 1. The van der Waals surface area contributed by atoms with Gasteiger partial charge in [-0.3, -0.25) is 24.7 Å². The first-order valence-corrected chi connectivity index (χ1v) is 27.6. The largest absolute Gasteiger partial charge is 0.494 e. The summed E-state index contributed by atoms with van der Waals surface area (Å²) < 4.78 is 55.9. The molecule has 4 N–H and O–H groups in total. The van der Waals surface area contributed by atoms with Crippen molar-refractivity contribution in [2.75, 3.05) is 56.6 Å². The third-order valence-electron chi connectivity index (χ3n) is 16.4. The molecular weight excluding hydrogens is 976 g/mol. The second kappa shape index (κ2) is 21.2. The Balaban J connectivity index is 0.832. The molecule has 16 nitrogen and oxygen atoms in total. The summed E-state index contributed by atoms with van der Waals surface area (Å²) >= 11 is 0. The summed E-state index contributed by atoms with van der Waals surface area (Å²) in [4.78, 5) is 40.3. The van der Waals surface area contributed by atoms with E-state index >= 15 is 0 Å². The number of amides is 1. The number of benzene rings is 4. The van der Waals surface area contributed by atoms with Crippen molar-refractivity contribution in [3.63, 3.8) is 0 Å². The topological polar surface area (TPSA) is 195 Å². The number of nitro groups is 1. The fourth-order valence-electron chi connectivity index (χ4n) is 12.0. The average molecular weight is 1040 g/mol. The molecule has 6 aromatic rings. The number of hydrogen-bond donors (Lipinski definition) is 4.